The van der Waals surface area contributed by atoms with Crippen molar-refractivity contribution >= 4 is 27.5 Å². The number of benzene rings is 2. The normalized spacial score (nSPS) is 16.7. The SMILES string of the molecule is C[C@H](NCC(=O)N1CCN(S(=O)(=O)c2ccccc2Cl)CC1)c1ccccc1. The lowest BCUT2D eigenvalue weighted by molar-refractivity contribution is -0.131. The average molecular weight is 422 g/mol. The number of carbonyl (C=O) groups is 1. The molecule has 3 rings (SSSR count). The third kappa shape index (κ3) is 4.72. The molecule has 0 bridgehead atoms. The molecule has 0 unspecified atom stereocenters. The summed E-state index contributed by atoms with van der Waals surface area (Å²) in [4.78, 5) is 14.3. The lowest BCUT2D eigenvalue weighted by Crippen LogP contribution is -2.52. The van der Waals surface area contributed by atoms with Gasteiger partial charge in [0, 0.05) is 32.2 Å². The Balaban J connectivity index is 1.53. The highest BCUT2D eigenvalue weighted by atomic mass is 35.5. The maximum Gasteiger partial charge on any atom is 0.244 e. The van der Waals surface area contributed by atoms with Crippen molar-refractivity contribution in [2.45, 2.75) is 17.9 Å². The molecule has 8 heteroatoms. The predicted molar refractivity (Wildman–Crippen MR) is 110 cm³/mol. The van der Waals surface area contributed by atoms with E-state index < -0.39 is 10.0 Å². The van der Waals surface area contributed by atoms with E-state index >= 15 is 0 Å². The fourth-order valence-corrected chi connectivity index (χ4v) is 5.10. The fraction of sp³-hybridized carbons (Fsp3) is 0.350. The van der Waals surface area contributed by atoms with Crippen molar-refractivity contribution in [2.75, 3.05) is 32.7 Å². The van der Waals surface area contributed by atoms with Crippen LogP contribution in [0.4, 0.5) is 0 Å². The summed E-state index contributed by atoms with van der Waals surface area (Å²) in [6, 6.07) is 16.4. The molecule has 1 amide bonds. The van der Waals surface area contributed by atoms with Crippen LogP contribution in [0.1, 0.15) is 18.5 Å². The molecule has 1 heterocycles. The van der Waals surface area contributed by atoms with Gasteiger partial charge in [0.05, 0.1) is 11.6 Å². The minimum Gasteiger partial charge on any atom is -0.339 e. The molecule has 1 atom stereocenters. The third-order valence-corrected chi connectivity index (χ3v) is 7.30. The second-order valence-corrected chi connectivity index (χ2v) is 9.04. The molecule has 1 saturated heterocycles. The number of rotatable bonds is 6. The van der Waals surface area contributed by atoms with Crippen LogP contribution in [0.2, 0.25) is 5.02 Å². The van der Waals surface area contributed by atoms with E-state index in [1.165, 1.54) is 10.4 Å². The van der Waals surface area contributed by atoms with Gasteiger partial charge in [-0.3, -0.25) is 4.79 Å². The minimum atomic E-state index is -3.66. The van der Waals surface area contributed by atoms with Crippen LogP contribution in [-0.2, 0) is 14.8 Å². The Morgan fingerprint density at radius 2 is 1.64 bits per heavy atom. The van der Waals surface area contributed by atoms with E-state index in [1.807, 2.05) is 37.3 Å². The van der Waals surface area contributed by atoms with Gasteiger partial charge in [0.25, 0.3) is 0 Å². The number of piperazine rings is 1. The van der Waals surface area contributed by atoms with Crippen LogP contribution < -0.4 is 5.32 Å². The zero-order valence-electron chi connectivity index (χ0n) is 15.7. The van der Waals surface area contributed by atoms with Gasteiger partial charge in [0.2, 0.25) is 15.9 Å². The summed E-state index contributed by atoms with van der Waals surface area (Å²) in [5, 5.41) is 3.44. The van der Waals surface area contributed by atoms with Crippen LogP contribution in [0, 0.1) is 0 Å². The molecule has 0 aromatic heterocycles. The largest absolute Gasteiger partial charge is 0.339 e. The minimum absolute atomic E-state index is 0.0300. The molecule has 2 aromatic rings. The van der Waals surface area contributed by atoms with E-state index in [0.29, 0.717) is 13.1 Å². The number of sulfonamides is 1. The number of hydrogen-bond donors (Lipinski definition) is 1. The Bertz CT molecular complexity index is 913. The van der Waals surface area contributed by atoms with E-state index in [4.69, 9.17) is 11.6 Å². The molecule has 0 radical (unpaired) electrons. The number of carbonyl (C=O) groups excluding carboxylic acids is 1. The number of nitrogens with zero attached hydrogens (tertiary/aromatic N) is 2. The maximum absolute atomic E-state index is 12.8. The van der Waals surface area contributed by atoms with E-state index in [1.54, 1.807) is 23.1 Å². The van der Waals surface area contributed by atoms with Crippen LogP contribution in [0.15, 0.2) is 59.5 Å². The molecule has 1 aliphatic rings. The number of halogens is 1. The zero-order chi connectivity index (χ0) is 20.1. The van der Waals surface area contributed by atoms with Crippen LogP contribution in [0.3, 0.4) is 0 Å². The molecule has 2 aromatic carbocycles. The van der Waals surface area contributed by atoms with Crippen molar-refractivity contribution in [3.8, 4) is 0 Å². The van der Waals surface area contributed by atoms with Crippen molar-refractivity contribution in [3.63, 3.8) is 0 Å². The standard InChI is InChI=1S/C20H24ClN3O3S/c1-16(17-7-3-2-4-8-17)22-15-20(25)23-11-13-24(14-12-23)28(26,27)19-10-6-5-9-18(19)21/h2-10,16,22H,11-15H2,1H3/t16-/m0/s1. The quantitative estimate of drug-likeness (QED) is 0.778. The van der Waals surface area contributed by atoms with Gasteiger partial charge >= 0.3 is 0 Å². The first kappa shape index (κ1) is 20.8. The summed E-state index contributed by atoms with van der Waals surface area (Å²) in [6.45, 7) is 3.47. The van der Waals surface area contributed by atoms with Gasteiger partial charge < -0.3 is 10.2 Å². The lowest BCUT2D eigenvalue weighted by Gasteiger charge is -2.34. The van der Waals surface area contributed by atoms with Gasteiger partial charge in [-0.25, -0.2) is 8.42 Å². The van der Waals surface area contributed by atoms with Crippen LogP contribution in [0.25, 0.3) is 0 Å². The Morgan fingerprint density at radius 1 is 1.04 bits per heavy atom. The number of nitrogens with one attached hydrogen (secondary N) is 1. The third-order valence-electron chi connectivity index (χ3n) is 4.90. The van der Waals surface area contributed by atoms with Crippen molar-refractivity contribution in [1.82, 2.24) is 14.5 Å². The monoisotopic (exact) mass is 421 g/mol. The summed E-state index contributed by atoms with van der Waals surface area (Å²) in [5.41, 5.74) is 1.12. The van der Waals surface area contributed by atoms with Gasteiger partial charge in [-0.2, -0.15) is 4.31 Å². The van der Waals surface area contributed by atoms with Gasteiger partial charge in [-0.15, -0.1) is 0 Å². The average Bonchev–Trinajstić information content (AvgIpc) is 2.72. The van der Waals surface area contributed by atoms with Crippen LogP contribution >= 0.6 is 11.6 Å². The molecular formula is C20H24ClN3O3S. The summed E-state index contributed by atoms with van der Waals surface area (Å²) < 4.78 is 27.0. The number of amides is 1. The summed E-state index contributed by atoms with van der Waals surface area (Å²) >= 11 is 6.05. The van der Waals surface area contributed by atoms with Crippen LogP contribution in [-0.4, -0.2) is 56.3 Å². The predicted octanol–water partition coefficient (Wildman–Crippen LogP) is 2.52. The van der Waals surface area contributed by atoms with Gasteiger partial charge in [0.1, 0.15) is 4.90 Å². The molecule has 0 spiro atoms. The molecule has 1 aliphatic heterocycles. The Labute approximate surface area is 171 Å². The first-order chi connectivity index (χ1) is 13.4. The highest BCUT2D eigenvalue weighted by molar-refractivity contribution is 7.89. The molecule has 1 fully saturated rings. The number of hydrogen-bond acceptors (Lipinski definition) is 4. The molecule has 28 heavy (non-hydrogen) atoms. The zero-order valence-corrected chi connectivity index (χ0v) is 17.3. The van der Waals surface area contributed by atoms with E-state index in [-0.39, 0.29) is 41.5 Å². The van der Waals surface area contributed by atoms with E-state index in [0.717, 1.165) is 5.56 Å². The Hall–Kier alpha value is -1.93. The highest BCUT2D eigenvalue weighted by Crippen LogP contribution is 2.25. The molecule has 6 nitrogen and oxygen atoms in total. The topological polar surface area (TPSA) is 69.7 Å². The summed E-state index contributed by atoms with van der Waals surface area (Å²) in [5.74, 6) is -0.0300. The second kappa shape index (κ2) is 9.05. The van der Waals surface area contributed by atoms with E-state index in [9.17, 15) is 13.2 Å². The maximum atomic E-state index is 12.8. The first-order valence-electron chi connectivity index (χ1n) is 9.20. The second-order valence-electron chi connectivity index (χ2n) is 6.73. The summed E-state index contributed by atoms with van der Waals surface area (Å²) in [7, 11) is -3.66. The van der Waals surface area contributed by atoms with Gasteiger partial charge in [0.15, 0.2) is 0 Å². The van der Waals surface area contributed by atoms with Crippen molar-refractivity contribution in [2.24, 2.45) is 0 Å². The Kier molecular flexibility index (Phi) is 6.72. The van der Waals surface area contributed by atoms with Gasteiger partial charge in [-0.05, 0) is 24.6 Å². The Morgan fingerprint density at radius 3 is 2.29 bits per heavy atom. The first-order valence-corrected chi connectivity index (χ1v) is 11.0. The highest BCUT2D eigenvalue weighted by Gasteiger charge is 2.31. The fourth-order valence-electron chi connectivity index (χ4n) is 3.18. The van der Waals surface area contributed by atoms with Crippen LogP contribution in [0.5, 0.6) is 0 Å². The van der Waals surface area contributed by atoms with E-state index in [2.05, 4.69) is 5.32 Å². The summed E-state index contributed by atoms with van der Waals surface area (Å²) in [6.07, 6.45) is 0. The van der Waals surface area contributed by atoms with Crippen molar-refractivity contribution in [3.05, 3.63) is 65.2 Å². The molecule has 0 saturated carbocycles. The van der Waals surface area contributed by atoms with Crippen molar-refractivity contribution < 1.29 is 13.2 Å². The molecule has 0 aliphatic carbocycles. The molecule has 1 N–H and O–H groups in total. The molecular weight excluding hydrogens is 398 g/mol. The van der Waals surface area contributed by atoms with Crippen molar-refractivity contribution in [1.29, 1.82) is 0 Å². The smallest absolute Gasteiger partial charge is 0.244 e. The molecule has 150 valence electrons. The lowest BCUT2D eigenvalue weighted by atomic mass is 10.1. The van der Waals surface area contributed by atoms with Gasteiger partial charge in [-0.1, -0.05) is 54.1 Å².